The molecule has 0 bridgehead atoms. The summed E-state index contributed by atoms with van der Waals surface area (Å²) in [5, 5.41) is 1.75. The highest BCUT2D eigenvalue weighted by molar-refractivity contribution is 6.31. The summed E-state index contributed by atoms with van der Waals surface area (Å²) >= 11 is 11.8. The molecule has 1 heterocycles. The standard InChI is InChI=1S/C12H9Cl2NO2/c1-17-12(16)5-7-4-11(14)15-10-3-2-8(13)6-9(7)10/h2-4,6H,5H2,1H3. The van der Waals surface area contributed by atoms with Gasteiger partial charge in [-0.15, -0.1) is 0 Å². The summed E-state index contributed by atoms with van der Waals surface area (Å²) in [6.07, 6.45) is 0.148. The molecule has 0 saturated carbocycles. The van der Waals surface area contributed by atoms with E-state index in [2.05, 4.69) is 9.72 Å². The van der Waals surface area contributed by atoms with Gasteiger partial charge in [0.25, 0.3) is 0 Å². The summed E-state index contributed by atoms with van der Waals surface area (Å²) in [4.78, 5) is 15.5. The molecule has 0 atom stereocenters. The summed E-state index contributed by atoms with van der Waals surface area (Å²) < 4.78 is 4.64. The summed E-state index contributed by atoms with van der Waals surface area (Å²) in [5.74, 6) is -0.325. The maximum Gasteiger partial charge on any atom is 0.310 e. The molecule has 0 aliphatic carbocycles. The van der Waals surface area contributed by atoms with Gasteiger partial charge in [-0.3, -0.25) is 4.79 Å². The zero-order chi connectivity index (χ0) is 12.4. The number of ether oxygens (including phenoxy) is 1. The van der Waals surface area contributed by atoms with E-state index in [4.69, 9.17) is 23.2 Å². The zero-order valence-corrected chi connectivity index (χ0v) is 10.5. The molecule has 0 aliphatic heterocycles. The zero-order valence-electron chi connectivity index (χ0n) is 9.04. The van der Waals surface area contributed by atoms with Crippen molar-refractivity contribution >= 4 is 40.1 Å². The number of benzene rings is 1. The molecule has 88 valence electrons. The van der Waals surface area contributed by atoms with Crippen molar-refractivity contribution in [2.24, 2.45) is 0 Å². The quantitative estimate of drug-likeness (QED) is 0.621. The van der Waals surface area contributed by atoms with E-state index in [1.807, 2.05) is 0 Å². The predicted molar refractivity (Wildman–Crippen MR) is 67.5 cm³/mol. The molecule has 0 saturated heterocycles. The molecule has 0 amide bonds. The van der Waals surface area contributed by atoms with Gasteiger partial charge in [0, 0.05) is 10.4 Å². The maximum atomic E-state index is 11.3. The molecule has 2 aromatic rings. The van der Waals surface area contributed by atoms with Gasteiger partial charge >= 0.3 is 5.97 Å². The second kappa shape index (κ2) is 4.90. The fourth-order valence-corrected chi connectivity index (χ4v) is 2.00. The van der Waals surface area contributed by atoms with E-state index in [-0.39, 0.29) is 12.4 Å². The van der Waals surface area contributed by atoms with Crippen molar-refractivity contribution in [1.29, 1.82) is 0 Å². The second-order valence-corrected chi connectivity index (χ2v) is 4.34. The second-order valence-electron chi connectivity index (χ2n) is 3.52. The molecule has 0 radical (unpaired) electrons. The van der Waals surface area contributed by atoms with E-state index in [1.165, 1.54) is 7.11 Å². The first-order chi connectivity index (χ1) is 8.10. The highest BCUT2D eigenvalue weighted by Crippen LogP contribution is 2.24. The minimum absolute atomic E-state index is 0.148. The lowest BCUT2D eigenvalue weighted by atomic mass is 10.1. The van der Waals surface area contributed by atoms with Gasteiger partial charge in [-0.05, 0) is 29.8 Å². The third kappa shape index (κ3) is 2.68. The first-order valence-electron chi connectivity index (χ1n) is 4.91. The molecule has 17 heavy (non-hydrogen) atoms. The molecular formula is C12H9Cl2NO2. The third-order valence-corrected chi connectivity index (χ3v) is 2.82. The van der Waals surface area contributed by atoms with Crippen LogP contribution in [0.15, 0.2) is 24.3 Å². The molecule has 2 rings (SSSR count). The molecule has 3 nitrogen and oxygen atoms in total. The summed E-state index contributed by atoms with van der Waals surface area (Å²) in [6.45, 7) is 0. The number of esters is 1. The number of carbonyl (C=O) groups excluding carboxylic acids is 1. The van der Waals surface area contributed by atoms with E-state index < -0.39 is 0 Å². The fourth-order valence-electron chi connectivity index (χ4n) is 1.61. The van der Waals surface area contributed by atoms with E-state index in [1.54, 1.807) is 24.3 Å². The lowest BCUT2D eigenvalue weighted by Gasteiger charge is -2.06. The van der Waals surface area contributed by atoms with Crippen LogP contribution in [-0.2, 0) is 16.0 Å². The lowest BCUT2D eigenvalue weighted by Crippen LogP contribution is -2.05. The largest absolute Gasteiger partial charge is 0.469 e. The van der Waals surface area contributed by atoms with Crippen LogP contribution in [0.25, 0.3) is 10.9 Å². The van der Waals surface area contributed by atoms with Gasteiger partial charge in [-0.2, -0.15) is 0 Å². The van der Waals surface area contributed by atoms with E-state index in [9.17, 15) is 4.79 Å². The maximum absolute atomic E-state index is 11.3. The Bertz CT molecular complexity index is 584. The third-order valence-electron chi connectivity index (χ3n) is 2.39. The Labute approximate surface area is 108 Å². The number of methoxy groups -OCH3 is 1. The van der Waals surface area contributed by atoms with Crippen molar-refractivity contribution in [3.63, 3.8) is 0 Å². The predicted octanol–water partition coefficient (Wildman–Crippen LogP) is 3.26. The van der Waals surface area contributed by atoms with Crippen molar-refractivity contribution < 1.29 is 9.53 Å². The minimum Gasteiger partial charge on any atom is -0.469 e. The van der Waals surface area contributed by atoms with Crippen molar-refractivity contribution in [1.82, 2.24) is 4.98 Å². The summed E-state index contributed by atoms with van der Waals surface area (Å²) in [7, 11) is 1.35. The van der Waals surface area contributed by atoms with Crippen molar-refractivity contribution in [3.05, 3.63) is 40.0 Å². The number of rotatable bonds is 2. The Morgan fingerprint density at radius 1 is 1.35 bits per heavy atom. The topological polar surface area (TPSA) is 39.2 Å². The van der Waals surface area contributed by atoms with Crippen LogP contribution in [0, 0.1) is 0 Å². The van der Waals surface area contributed by atoms with Crippen LogP contribution in [0.1, 0.15) is 5.56 Å². The number of nitrogens with zero attached hydrogens (tertiary/aromatic N) is 1. The van der Waals surface area contributed by atoms with E-state index in [0.717, 1.165) is 10.9 Å². The number of aromatic nitrogens is 1. The average molecular weight is 270 g/mol. The molecular weight excluding hydrogens is 261 g/mol. The Morgan fingerprint density at radius 2 is 2.12 bits per heavy atom. The van der Waals surface area contributed by atoms with Crippen LogP contribution in [0.5, 0.6) is 0 Å². The molecule has 0 fully saturated rings. The average Bonchev–Trinajstić information content (AvgIpc) is 2.29. The first-order valence-corrected chi connectivity index (χ1v) is 5.67. The van der Waals surface area contributed by atoms with E-state index >= 15 is 0 Å². The fraction of sp³-hybridized carbons (Fsp3) is 0.167. The van der Waals surface area contributed by atoms with Gasteiger partial charge < -0.3 is 4.74 Å². The molecule has 1 aromatic carbocycles. The van der Waals surface area contributed by atoms with Gasteiger partial charge in [-0.1, -0.05) is 23.2 Å². The number of hydrogen-bond acceptors (Lipinski definition) is 3. The smallest absolute Gasteiger partial charge is 0.310 e. The minimum atomic E-state index is -0.325. The van der Waals surface area contributed by atoms with Crippen LogP contribution >= 0.6 is 23.2 Å². The van der Waals surface area contributed by atoms with Gasteiger partial charge in [-0.25, -0.2) is 4.98 Å². The highest BCUT2D eigenvalue weighted by Gasteiger charge is 2.10. The van der Waals surface area contributed by atoms with Crippen molar-refractivity contribution in [2.45, 2.75) is 6.42 Å². The van der Waals surface area contributed by atoms with Crippen LogP contribution in [0.2, 0.25) is 10.2 Å². The van der Waals surface area contributed by atoms with Gasteiger partial charge in [0.15, 0.2) is 0 Å². The molecule has 0 aliphatic rings. The SMILES string of the molecule is COC(=O)Cc1cc(Cl)nc2ccc(Cl)cc12. The van der Waals surface area contributed by atoms with Crippen molar-refractivity contribution in [2.75, 3.05) is 7.11 Å². The number of hydrogen-bond donors (Lipinski definition) is 0. The molecule has 5 heteroatoms. The molecule has 1 aromatic heterocycles. The Morgan fingerprint density at radius 3 is 2.82 bits per heavy atom. The first kappa shape index (κ1) is 12.1. The van der Waals surface area contributed by atoms with Crippen LogP contribution < -0.4 is 0 Å². The van der Waals surface area contributed by atoms with Gasteiger partial charge in [0.2, 0.25) is 0 Å². The monoisotopic (exact) mass is 269 g/mol. The molecule has 0 spiro atoms. The van der Waals surface area contributed by atoms with Gasteiger partial charge in [0.1, 0.15) is 5.15 Å². The highest BCUT2D eigenvalue weighted by atomic mass is 35.5. The summed E-state index contributed by atoms with van der Waals surface area (Å²) in [5.41, 5.74) is 1.47. The molecule has 0 unspecified atom stereocenters. The Kier molecular flexibility index (Phi) is 3.50. The van der Waals surface area contributed by atoms with E-state index in [0.29, 0.717) is 15.7 Å². The van der Waals surface area contributed by atoms with Crippen molar-refractivity contribution in [3.8, 4) is 0 Å². The summed E-state index contributed by atoms with van der Waals surface area (Å²) in [6, 6.07) is 6.91. The normalized spacial score (nSPS) is 10.5. The van der Waals surface area contributed by atoms with Crippen LogP contribution in [0.3, 0.4) is 0 Å². The number of carbonyl (C=O) groups is 1. The van der Waals surface area contributed by atoms with Crippen LogP contribution in [-0.4, -0.2) is 18.1 Å². The van der Waals surface area contributed by atoms with Crippen LogP contribution in [0.4, 0.5) is 0 Å². The Balaban J connectivity index is 2.59. The number of halogens is 2. The molecule has 0 N–H and O–H groups in total. The lowest BCUT2D eigenvalue weighted by molar-refractivity contribution is -0.139. The Hall–Kier alpha value is -1.32. The number of pyridine rings is 1. The number of fused-ring (bicyclic) bond motifs is 1. The van der Waals surface area contributed by atoms with Gasteiger partial charge in [0.05, 0.1) is 19.0 Å².